The van der Waals surface area contributed by atoms with Gasteiger partial charge in [0.05, 0.1) is 13.2 Å². The molecular formula is C27H31N7O4. The first kappa shape index (κ1) is 24.5. The summed E-state index contributed by atoms with van der Waals surface area (Å²) in [7, 11) is 1.65. The second-order valence-corrected chi connectivity index (χ2v) is 9.80. The van der Waals surface area contributed by atoms with Crippen molar-refractivity contribution in [1.82, 2.24) is 35.0 Å². The number of aromatic amines is 1. The molecule has 11 heteroatoms. The third kappa shape index (κ3) is 4.87. The Hall–Kier alpha value is -3.80. The van der Waals surface area contributed by atoms with Crippen molar-refractivity contribution in [3.63, 3.8) is 0 Å². The Kier molecular flexibility index (Phi) is 6.79. The van der Waals surface area contributed by atoms with Crippen LogP contribution in [0.1, 0.15) is 28.6 Å². The Bertz CT molecular complexity index is 1490. The first-order valence-electron chi connectivity index (χ1n) is 12.8. The maximum absolute atomic E-state index is 13.4. The second kappa shape index (κ2) is 10.5. The summed E-state index contributed by atoms with van der Waals surface area (Å²) in [6.07, 6.45) is 0. The Morgan fingerprint density at radius 3 is 2.74 bits per heavy atom. The van der Waals surface area contributed by atoms with Gasteiger partial charge in [0.25, 0.3) is 5.56 Å². The van der Waals surface area contributed by atoms with Crippen molar-refractivity contribution in [2.45, 2.75) is 26.1 Å². The van der Waals surface area contributed by atoms with Gasteiger partial charge in [-0.1, -0.05) is 18.2 Å². The van der Waals surface area contributed by atoms with Crippen molar-refractivity contribution in [2.75, 3.05) is 46.7 Å². The van der Waals surface area contributed by atoms with E-state index >= 15 is 0 Å². The van der Waals surface area contributed by atoms with Crippen LogP contribution in [0.15, 0.2) is 47.3 Å². The fourth-order valence-corrected chi connectivity index (χ4v) is 5.26. The summed E-state index contributed by atoms with van der Waals surface area (Å²) in [4.78, 5) is 21.2. The highest BCUT2D eigenvalue weighted by atomic mass is 16.7. The van der Waals surface area contributed by atoms with Crippen molar-refractivity contribution >= 4 is 10.9 Å². The lowest BCUT2D eigenvalue weighted by Crippen LogP contribution is -2.48. The van der Waals surface area contributed by atoms with E-state index < -0.39 is 0 Å². The SMILES string of the molecule is COCCn1nnnc1[C@@H](c1cc2ccc(C)cc2[nH]c1=O)N1CCN(Cc2ccc3c(c2)OCO3)CC1. The Balaban J connectivity index is 1.27. The number of methoxy groups -OCH3 is 1. The van der Waals surface area contributed by atoms with Crippen LogP contribution in [-0.4, -0.2) is 81.7 Å². The van der Waals surface area contributed by atoms with Gasteiger partial charge in [-0.05, 0) is 58.1 Å². The molecule has 198 valence electrons. The van der Waals surface area contributed by atoms with E-state index in [1.165, 1.54) is 5.56 Å². The van der Waals surface area contributed by atoms with E-state index in [-0.39, 0.29) is 18.4 Å². The summed E-state index contributed by atoms with van der Waals surface area (Å²) >= 11 is 0. The van der Waals surface area contributed by atoms with Crippen LogP contribution < -0.4 is 15.0 Å². The van der Waals surface area contributed by atoms with Crippen LogP contribution in [0, 0.1) is 6.92 Å². The number of tetrazole rings is 1. The van der Waals surface area contributed by atoms with Crippen molar-refractivity contribution in [1.29, 1.82) is 0 Å². The number of aromatic nitrogens is 5. The van der Waals surface area contributed by atoms with Gasteiger partial charge in [0, 0.05) is 50.9 Å². The van der Waals surface area contributed by atoms with Crippen LogP contribution in [0.5, 0.6) is 11.5 Å². The number of ether oxygens (including phenoxy) is 3. The Labute approximate surface area is 219 Å². The molecule has 2 aromatic heterocycles. The third-order valence-electron chi connectivity index (χ3n) is 7.25. The number of H-pyrrole nitrogens is 1. The molecule has 0 unspecified atom stereocenters. The minimum Gasteiger partial charge on any atom is -0.454 e. The number of hydrogen-bond donors (Lipinski definition) is 1. The van der Waals surface area contributed by atoms with Crippen LogP contribution in [0.4, 0.5) is 0 Å². The molecule has 2 aromatic carbocycles. The molecule has 2 aliphatic rings. The van der Waals surface area contributed by atoms with E-state index in [1.54, 1.807) is 11.8 Å². The zero-order chi connectivity index (χ0) is 26.1. The fraction of sp³-hybridized carbons (Fsp3) is 0.407. The van der Waals surface area contributed by atoms with Crippen LogP contribution in [0.2, 0.25) is 0 Å². The highest BCUT2D eigenvalue weighted by Gasteiger charge is 2.32. The zero-order valence-corrected chi connectivity index (χ0v) is 21.6. The largest absolute Gasteiger partial charge is 0.454 e. The second-order valence-electron chi connectivity index (χ2n) is 9.80. The number of hydrogen-bond acceptors (Lipinski definition) is 9. The predicted molar refractivity (Wildman–Crippen MR) is 140 cm³/mol. The quantitative estimate of drug-likeness (QED) is 0.376. The summed E-state index contributed by atoms with van der Waals surface area (Å²) in [6.45, 7) is 7.29. The minimum absolute atomic E-state index is 0.128. The molecule has 0 amide bonds. The van der Waals surface area contributed by atoms with Gasteiger partial charge < -0.3 is 19.2 Å². The zero-order valence-electron chi connectivity index (χ0n) is 21.6. The van der Waals surface area contributed by atoms with E-state index in [0.29, 0.717) is 24.5 Å². The van der Waals surface area contributed by atoms with Crippen molar-refractivity contribution < 1.29 is 14.2 Å². The maximum Gasteiger partial charge on any atom is 0.253 e. The van der Waals surface area contributed by atoms with E-state index in [2.05, 4.69) is 48.5 Å². The van der Waals surface area contributed by atoms with Gasteiger partial charge in [-0.15, -0.1) is 5.10 Å². The normalized spacial score (nSPS) is 16.8. The average Bonchev–Trinajstić information content (AvgIpc) is 3.58. The number of piperazine rings is 1. The molecule has 0 spiro atoms. The lowest BCUT2D eigenvalue weighted by molar-refractivity contribution is 0.0984. The molecule has 1 saturated heterocycles. The molecule has 0 bridgehead atoms. The molecule has 0 saturated carbocycles. The fourth-order valence-electron chi connectivity index (χ4n) is 5.26. The number of nitrogens with zero attached hydrogens (tertiary/aromatic N) is 6. The van der Waals surface area contributed by atoms with Crippen LogP contribution in [0.3, 0.4) is 0 Å². The van der Waals surface area contributed by atoms with Crippen LogP contribution in [0.25, 0.3) is 10.9 Å². The highest BCUT2D eigenvalue weighted by molar-refractivity contribution is 5.79. The van der Waals surface area contributed by atoms with E-state index in [9.17, 15) is 4.79 Å². The van der Waals surface area contributed by atoms with Crippen molar-refractivity contribution in [3.05, 3.63) is 75.3 Å². The van der Waals surface area contributed by atoms with Crippen LogP contribution in [-0.2, 0) is 17.8 Å². The Morgan fingerprint density at radius 2 is 1.89 bits per heavy atom. The molecule has 2 aliphatic heterocycles. The molecule has 1 fully saturated rings. The standard InChI is InChI=1S/C27H31N7O4/c1-18-3-5-20-15-21(27(35)28-22(20)13-18)25(26-29-30-31-34(26)11-12-36-2)33-9-7-32(8-10-33)16-19-4-6-23-24(14-19)38-17-37-23/h3-6,13-15,25H,7-12,16-17H2,1-2H3,(H,28,35)/t25-/m1/s1. The summed E-state index contributed by atoms with van der Waals surface area (Å²) in [5.74, 6) is 2.24. The predicted octanol–water partition coefficient (Wildman–Crippen LogP) is 2.11. The minimum atomic E-state index is -0.385. The summed E-state index contributed by atoms with van der Waals surface area (Å²) in [5.41, 5.74) is 3.62. The number of nitrogens with one attached hydrogen (secondary N) is 1. The maximum atomic E-state index is 13.4. The summed E-state index contributed by atoms with van der Waals surface area (Å²) in [6, 6.07) is 13.8. The number of rotatable bonds is 8. The van der Waals surface area contributed by atoms with Crippen LogP contribution >= 0.6 is 0 Å². The van der Waals surface area contributed by atoms with E-state index in [0.717, 1.165) is 60.7 Å². The van der Waals surface area contributed by atoms with Gasteiger partial charge >= 0.3 is 0 Å². The molecule has 1 N–H and O–H groups in total. The average molecular weight is 518 g/mol. The number of pyridine rings is 1. The van der Waals surface area contributed by atoms with E-state index in [4.69, 9.17) is 14.2 Å². The topological polar surface area (TPSA) is 111 Å². The number of aryl methyl sites for hydroxylation is 1. The molecule has 1 atom stereocenters. The van der Waals surface area contributed by atoms with Gasteiger partial charge in [0.2, 0.25) is 6.79 Å². The first-order valence-corrected chi connectivity index (χ1v) is 12.8. The number of benzene rings is 2. The smallest absolute Gasteiger partial charge is 0.253 e. The molecular weight excluding hydrogens is 486 g/mol. The number of fused-ring (bicyclic) bond motifs is 2. The van der Waals surface area contributed by atoms with Crippen molar-refractivity contribution in [3.8, 4) is 11.5 Å². The highest BCUT2D eigenvalue weighted by Crippen LogP contribution is 2.33. The molecule has 4 heterocycles. The van der Waals surface area contributed by atoms with Gasteiger partial charge in [-0.25, -0.2) is 4.68 Å². The molecule has 11 nitrogen and oxygen atoms in total. The first-order chi connectivity index (χ1) is 18.6. The molecule has 4 aromatic rings. The molecule has 38 heavy (non-hydrogen) atoms. The molecule has 6 rings (SSSR count). The Morgan fingerprint density at radius 1 is 1.05 bits per heavy atom. The lowest BCUT2D eigenvalue weighted by Gasteiger charge is -2.38. The summed E-state index contributed by atoms with van der Waals surface area (Å²) < 4.78 is 18.0. The van der Waals surface area contributed by atoms with Gasteiger partial charge in [0.15, 0.2) is 17.3 Å². The molecule has 0 radical (unpaired) electrons. The third-order valence-corrected chi connectivity index (χ3v) is 7.25. The monoisotopic (exact) mass is 517 g/mol. The van der Waals surface area contributed by atoms with E-state index in [1.807, 2.05) is 31.2 Å². The van der Waals surface area contributed by atoms with Gasteiger partial charge in [-0.3, -0.25) is 14.6 Å². The van der Waals surface area contributed by atoms with Gasteiger partial charge in [-0.2, -0.15) is 0 Å². The lowest BCUT2D eigenvalue weighted by atomic mass is 10.0. The molecule has 0 aliphatic carbocycles. The van der Waals surface area contributed by atoms with Gasteiger partial charge in [0.1, 0.15) is 6.04 Å². The summed E-state index contributed by atoms with van der Waals surface area (Å²) in [5, 5.41) is 13.5. The van der Waals surface area contributed by atoms with Crippen molar-refractivity contribution in [2.24, 2.45) is 0 Å².